The van der Waals surface area contributed by atoms with Crippen molar-refractivity contribution in [2.75, 3.05) is 20.2 Å². The van der Waals surface area contributed by atoms with Crippen LogP contribution in [0.5, 0.6) is 0 Å². The second-order valence-corrected chi connectivity index (χ2v) is 11.4. The summed E-state index contributed by atoms with van der Waals surface area (Å²) in [6.45, 7) is 6.79. The summed E-state index contributed by atoms with van der Waals surface area (Å²) in [4.78, 5) is 71.0. The molecule has 0 aromatic carbocycles. The summed E-state index contributed by atoms with van der Waals surface area (Å²) in [7, 11) is -5.06. The Morgan fingerprint density at radius 2 is 1.11 bits per heavy atom. The van der Waals surface area contributed by atoms with Crippen molar-refractivity contribution in [3.63, 3.8) is 0 Å². The first-order valence-electron chi connectivity index (χ1n) is 13.2. The van der Waals surface area contributed by atoms with Gasteiger partial charge in [-0.05, 0) is 0 Å². The fourth-order valence-corrected chi connectivity index (χ4v) is 4.31. The Hall–Kier alpha value is -3.18. The van der Waals surface area contributed by atoms with E-state index in [0.717, 1.165) is 27.7 Å². The summed E-state index contributed by atoms with van der Waals surface area (Å²) in [5, 5.41) is 0. The summed E-state index contributed by atoms with van der Waals surface area (Å²) in [6, 6.07) is 0. The van der Waals surface area contributed by atoms with Gasteiger partial charge >= 0.3 is 43.6 Å². The normalized spacial score (nSPS) is 22.5. The van der Waals surface area contributed by atoms with Crippen LogP contribution in [0, 0.1) is 11.8 Å². The fourth-order valence-electron chi connectivity index (χ4n) is 3.33. The fraction of sp³-hybridized carbons (Fsp3) is 0.760. The van der Waals surface area contributed by atoms with Crippen molar-refractivity contribution in [1.82, 2.24) is 0 Å². The average Bonchev–Trinajstić information content (AvgIpc) is 2.89. The second-order valence-electron chi connectivity index (χ2n) is 9.79. The van der Waals surface area contributed by atoms with Crippen molar-refractivity contribution in [2.45, 2.75) is 92.3 Å². The number of carbonyl (C=O) groups excluding carboxylic acids is 6. The summed E-state index contributed by atoms with van der Waals surface area (Å²) >= 11 is 0. The maximum absolute atomic E-state index is 15.4. The Bertz CT molecular complexity index is 1050. The van der Waals surface area contributed by atoms with Gasteiger partial charge in [0.15, 0.2) is 24.5 Å². The van der Waals surface area contributed by atoms with Crippen molar-refractivity contribution in [3.8, 4) is 0 Å². The molecule has 0 spiro atoms. The predicted molar refractivity (Wildman–Crippen MR) is 139 cm³/mol. The molecule has 252 valence electrons. The molecule has 0 bridgehead atoms. The van der Waals surface area contributed by atoms with Gasteiger partial charge in [0.1, 0.15) is 12.7 Å². The van der Waals surface area contributed by atoms with E-state index in [-0.39, 0.29) is 0 Å². The van der Waals surface area contributed by atoms with Crippen molar-refractivity contribution in [2.24, 2.45) is 11.8 Å². The van der Waals surface area contributed by atoms with Crippen LogP contribution in [0.2, 0.25) is 0 Å². The van der Waals surface area contributed by atoms with Crippen molar-refractivity contribution in [3.05, 3.63) is 0 Å². The lowest BCUT2D eigenvalue weighted by Crippen LogP contribution is -2.64. The molecule has 0 N–H and O–H groups in total. The van der Waals surface area contributed by atoms with Crippen LogP contribution in [0.1, 0.15) is 55.4 Å². The largest absolute Gasteiger partial charge is 0.483 e. The number of phosphoric ester groups is 1. The van der Waals surface area contributed by atoms with Gasteiger partial charge in [0.25, 0.3) is 0 Å². The predicted octanol–water partition coefficient (Wildman–Crippen LogP) is 1.88. The second kappa shape index (κ2) is 17.9. The number of rotatable bonds is 16. The quantitative estimate of drug-likeness (QED) is 0.100. The third-order valence-corrected chi connectivity index (χ3v) is 6.55. The average molecular weight is 661 g/mol. The van der Waals surface area contributed by atoms with Crippen LogP contribution < -0.4 is 0 Å². The van der Waals surface area contributed by atoms with Gasteiger partial charge in [-0.1, -0.05) is 27.7 Å². The molecule has 6 atom stereocenters. The van der Waals surface area contributed by atoms with E-state index in [1.807, 2.05) is 0 Å². The van der Waals surface area contributed by atoms with Crippen LogP contribution >= 0.6 is 7.82 Å². The van der Waals surface area contributed by atoms with E-state index in [9.17, 15) is 33.3 Å². The zero-order valence-corrected chi connectivity index (χ0v) is 26.4. The highest BCUT2D eigenvalue weighted by Crippen LogP contribution is 2.52. The van der Waals surface area contributed by atoms with Crippen LogP contribution in [0.15, 0.2) is 0 Å². The standard InChI is InChI=1S/C25H38FO17P/c1-12(2)23(31)35-10-37-44(33,38-11-36-24(32)13(3)4)43-25-22(41-17(8)30)21(40-16(7)29)20(39-15(6)28)19(42-25)18(26)9-34-14(5)27/h12-13,18-22,25H,9-11H2,1-8H3/t18-,19?,20+,21?,22?,25-/m0/s1. The van der Waals surface area contributed by atoms with Gasteiger partial charge in [-0.25, -0.2) is 18.0 Å². The highest BCUT2D eigenvalue weighted by atomic mass is 31.2. The molecule has 0 radical (unpaired) electrons. The minimum atomic E-state index is -5.06. The zero-order valence-electron chi connectivity index (χ0n) is 25.5. The Kier molecular flexibility index (Phi) is 15.8. The van der Waals surface area contributed by atoms with E-state index in [1.165, 1.54) is 27.7 Å². The topological polar surface area (TPSA) is 212 Å². The molecule has 0 aromatic rings. The maximum atomic E-state index is 15.4. The Balaban J connectivity index is 3.55. The summed E-state index contributed by atoms with van der Waals surface area (Å²) in [5.41, 5.74) is 0. The number of ether oxygens (including phenoxy) is 7. The first-order valence-corrected chi connectivity index (χ1v) is 14.7. The molecule has 19 heteroatoms. The van der Waals surface area contributed by atoms with Crippen molar-refractivity contribution in [1.29, 1.82) is 0 Å². The third-order valence-electron chi connectivity index (χ3n) is 5.24. The molecular weight excluding hydrogens is 622 g/mol. The number of hydrogen-bond acceptors (Lipinski definition) is 17. The van der Waals surface area contributed by atoms with Gasteiger partial charge in [-0.15, -0.1) is 0 Å². The van der Waals surface area contributed by atoms with Gasteiger partial charge in [0.05, 0.1) is 11.8 Å². The Morgan fingerprint density at radius 3 is 1.52 bits per heavy atom. The molecule has 1 heterocycles. The van der Waals surface area contributed by atoms with E-state index in [1.54, 1.807) is 0 Å². The Morgan fingerprint density at radius 1 is 0.682 bits per heavy atom. The molecule has 0 aromatic heterocycles. The molecule has 0 aliphatic carbocycles. The van der Waals surface area contributed by atoms with Gasteiger partial charge in [0, 0.05) is 27.7 Å². The molecule has 1 rings (SSSR count). The first-order chi connectivity index (χ1) is 20.4. The van der Waals surface area contributed by atoms with Gasteiger partial charge < -0.3 is 33.2 Å². The summed E-state index contributed by atoms with van der Waals surface area (Å²) in [6.07, 6.45) is -12.0. The smallest absolute Gasteiger partial charge is 0.463 e. The van der Waals surface area contributed by atoms with Gasteiger partial charge in [-0.3, -0.25) is 33.3 Å². The van der Waals surface area contributed by atoms with Crippen LogP contribution in [-0.2, 0) is 80.1 Å². The minimum absolute atomic E-state index is 0.621. The number of alkyl halides is 1. The van der Waals surface area contributed by atoms with Gasteiger partial charge in [-0.2, -0.15) is 0 Å². The monoisotopic (exact) mass is 660 g/mol. The van der Waals surface area contributed by atoms with Crippen LogP contribution in [0.4, 0.5) is 4.39 Å². The molecule has 1 aliphatic heterocycles. The van der Waals surface area contributed by atoms with Crippen LogP contribution in [0.25, 0.3) is 0 Å². The zero-order chi connectivity index (χ0) is 33.8. The van der Waals surface area contributed by atoms with Gasteiger partial charge in [0.2, 0.25) is 19.9 Å². The van der Waals surface area contributed by atoms with E-state index >= 15 is 4.39 Å². The minimum Gasteiger partial charge on any atom is -0.463 e. The molecule has 1 saturated heterocycles. The van der Waals surface area contributed by atoms with E-state index in [2.05, 4.69) is 4.74 Å². The van der Waals surface area contributed by atoms with Crippen molar-refractivity contribution >= 4 is 43.6 Å². The van der Waals surface area contributed by atoms with Crippen LogP contribution in [0.3, 0.4) is 0 Å². The first kappa shape index (κ1) is 38.8. The Labute approximate surface area is 252 Å². The lowest BCUT2D eigenvalue weighted by molar-refractivity contribution is -0.297. The third kappa shape index (κ3) is 13.2. The molecular formula is C25H38FO17P. The highest BCUT2D eigenvalue weighted by Gasteiger charge is 2.57. The number of esters is 6. The maximum Gasteiger partial charge on any atom is 0.483 e. The molecule has 17 nitrogen and oxygen atoms in total. The van der Waals surface area contributed by atoms with Crippen LogP contribution in [-0.4, -0.2) is 92.9 Å². The summed E-state index contributed by atoms with van der Waals surface area (Å²) < 4.78 is 80.0. The van der Waals surface area contributed by atoms with E-state index < -0.39 is 113 Å². The molecule has 1 fully saturated rings. The number of phosphoric acid groups is 1. The van der Waals surface area contributed by atoms with E-state index in [0.29, 0.717) is 0 Å². The molecule has 3 unspecified atom stereocenters. The molecule has 44 heavy (non-hydrogen) atoms. The summed E-state index contributed by atoms with van der Waals surface area (Å²) in [5.74, 6) is -6.73. The lowest BCUT2D eigenvalue weighted by atomic mass is 9.95. The molecule has 0 amide bonds. The van der Waals surface area contributed by atoms with E-state index in [4.69, 9.17) is 42.0 Å². The van der Waals surface area contributed by atoms with Crippen molar-refractivity contribution < 1.29 is 84.5 Å². The number of halogens is 1. The molecule has 0 saturated carbocycles. The SMILES string of the molecule is CC(=O)OC[C@H](F)C1O[C@@H](OP(=O)(OCOC(=O)C(C)C)OCOC(=O)C(C)C)C(OC(C)=O)C(OC(C)=O)[C@@H]1OC(C)=O. The lowest BCUT2D eigenvalue weighted by Gasteiger charge is -2.45. The number of carbonyl (C=O) groups is 6. The highest BCUT2D eigenvalue weighted by molar-refractivity contribution is 7.48. The number of hydrogen-bond donors (Lipinski definition) is 0. The molecule has 1 aliphatic rings.